The van der Waals surface area contributed by atoms with Crippen LogP contribution in [-0.4, -0.2) is 53.7 Å². The summed E-state index contributed by atoms with van der Waals surface area (Å²) in [5.41, 5.74) is 3.66. The molecule has 184 valence electrons. The van der Waals surface area contributed by atoms with Crippen LogP contribution in [0, 0.1) is 5.41 Å². The highest BCUT2D eigenvalue weighted by atomic mass is 16.5. The number of amides is 2. The zero-order valence-corrected chi connectivity index (χ0v) is 20.0. The van der Waals surface area contributed by atoms with Gasteiger partial charge in [-0.2, -0.15) is 0 Å². The van der Waals surface area contributed by atoms with E-state index >= 15 is 0 Å². The predicted molar refractivity (Wildman–Crippen MR) is 133 cm³/mol. The fourth-order valence-electron chi connectivity index (χ4n) is 5.21. The average molecular weight is 477 g/mol. The third-order valence-corrected chi connectivity index (χ3v) is 7.05. The molecule has 0 aromatic heterocycles. The maximum absolute atomic E-state index is 12.8. The summed E-state index contributed by atoms with van der Waals surface area (Å²) in [5.74, 6) is -1.11. The van der Waals surface area contributed by atoms with Gasteiger partial charge in [0.2, 0.25) is 5.91 Å². The monoisotopic (exact) mass is 476 g/mol. The number of carbonyl (C=O) groups excluding carboxylic acids is 2. The Kier molecular flexibility index (Phi) is 7.24. The Morgan fingerprint density at radius 2 is 1.74 bits per heavy atom. The molecule has 1 aliphatic carbocycles. The molecule has 1 fully saturated rings. The minimum absolute atomic E-state index is 0.0329. The van der Waals surface area contributed by atoms with Gasteiger partial charge in [0.25, 0.3) is 0 Å². The SMILES string of the molecule is C=CCC1(C(=O)O)CN(C(=O)C[C@H](CCC)NC(=O)OCC2c3ccccc3-c3ccccc32)C1. The average Bonchev–Trinajstić information content (AvgIpc) is 3.13. The Labute approximate surface area is 205 Å². The van der Waals surface area contributed by atoms with Crippen LogP contribution in [0.5, 0.6) is 0 Å². The summed E-state index contributed by atoms with van der Waals surface area (Å²) in [6, 6.07) is 15.9. The van der Waals surface area contributed by atoms with Crippen molar-refractivity contribution in [3.8, 4) is 11.1 Å². The highest BCUT2D eigenvalue weighted by molar-refractivity contribution is 5.84. The largest absolute Gasteiger partial charge is 0.481 e. The van der Waals surface area contributed by atoms with Gasteiger partial charge < -0.3 is 20.1 Å². The Morgan fingerprint density at radius 1 is 1.14 bits per heavy atom. The first kappa shape index (κ1) is 24.5. The van der Waals surface area contributed by atoms with Crippen LogP contribution < -0.4 is 5.32 Å². The maximum Gasteiger partial charge on any atom is 0.407 e. The molecule has 0 bridgehead atoms. The third-order valence-electron chi connectivity index (χ3n) is 7.05. The molecule has 7 nitrogen and oxygen atoms in total. The molecule has 4 rings (SSSR count). The Hall–Kier alpha value is -3.61. The van der Waals surface area contributed by atoms with Crippen molar-refractivity contribution >= 4 is 18.0 Å². The van der Waals surface area contributed by atoms with Gasteiger partial charge in [-0.3, -0.25) is 9.59 Å². The second kappa shape index (κ2) is 10.3. The number of rotatable bonds is 10. The van der Waals surface area contributed by atoms with E-state index in [1.807, 2.05) is 31.2 Å². The number of hydrogen-bond acceptors (Lipinski definition) is 4. The van der Waals surface area contributed by atoms with Crippen LogP contribution in [0.4, 0.5) is 4.79 Å². The molecule has 0 radical (unpaired) electrons. The van der Waals surface area contributed by atoms with Gasteiger partial charge in [-0.1, -0.05) is 68.0 Å². The fraction of sp³-hybridized carbons (Fsp3) is 0.393. The molecule has 2 N–H and O–H groups in total. The Balaban J connectivity index is 1.33. The molecular formula is C28H32N2O5. The molecular weight excluding hydrogens is 444 g/mol. The lowest BCUT2D eigenvalue weighted by Crippen LogP contribution is -2.62. The molecule has 2 aromatic carbocycles. The number of allylic oxidation sites excluding steroid dienone is 1. The van der Waals surface area contributed by atoms with Crippen molar-refractivity contribution in [2.45, 2.75) is 44.6 Å². The van der Waals surface area contributed by atoms with E-state index in [-0.39, 0.29) is 44.0 Å². The van der Waals surface area contributed by atoms with Gasteiger partial charge in [0, 0.05) is 31.5 Å². The highest BCUT2D eigenvalue weighted by Crippen LogP contribution is 2.44. The van der Waals surface area contributed by atoms with Crippen molar-refractivity contribution in [2.24, 2.45) is 5.41 Å². The fourth-order valence-corrected chi connectivity index (χ4v) is 5.21. The smallest absolute Gasteiger partial charge is 0.407 e. The second-order valence-electron chi connectivity index (χ2n) is 9.49. The molecule has 0 unspecified atom stereocenters. The standard InChI is InChI=1S/C28H32N2O5/c1-3-9-19(15-25(31)30-17-28(18-30,14-4-2)26(32)33)29-27(34)35-16-24-22-12-7-5-10-20(22)21-11-6-8-13-23(21)24/h4-8,10-13,19,24H,2-3,9,14-18H2,1H3,(H,29,34)(H,32,33)/t19-/m0/s1. The summed E-state index contributed by atoms with van der Waals surface area (Å²) in [6.45, 7) is 6.15. The van der Waals surface area contributed by atoms with Gasteiger partial charge in [0.1, 0.15) is 12.0 Å². The van der Waals surface area contributed by atoms with Gasteiger partial charge in [-0.25, -0.2) is 4.79 Å². The van der Waals surface area contributed by atoms with E-state index in [0.717, 1.165) is 28.7 Å². The van der Waals surface area contributed by atoms with Gasteiger partial charge >= 0.3 is 12.1 Å². The number of carboxylic acid groups (broad SMARTS) is 1. The molecule has 7 heteroatoms. The van der Waals surface area contributed by atoms with Crippen LogP contribution in [0.15, 0.2) is 61.2 Å². The highest BCUT2D eigenvalue weighted by Gasteiger charge is 2.50. The number of fused-ring (bicyclic) bond motifs is 3. The molecule has 1 saturated heterocycles. The van der Waals surface area contributed by atoms with E-state index in [9.17, 15) is 19.5 Å². The molecule has 1 heterocycles. The first-order valence-corrected chi connectivity index (χ1v) is 12.1. The van der Waals surface area contributed by atoms with Crippen LogP contribution in [0.25, 0.3) is 11.1 Å². The van der Waals surface area contributed by atoms with Crippen molar-refractivity contribution in [2.75, 3.05) is 19.7 Å². The molecule has 2 aliphatic rings. The zero-order chi connectivity index (χ0) is 25.0. The summed E-state index contributed by atoms with van der Waals surface area (Å²) in [5, 5.41) is 12.4. The Bertz CT molecular complexity index is 1080. The van der Waals surface area contributed by atoms with Crippen molar-refractivity contribution < 1.29 is 24.2 Å². The van der Waals surface area contributed by atoms with E-state index in [0.29, 0.717) is 12.8 Å². The number of alkyl carbamates (subject to hydrolysis) is 1. The van der Waals surface area contributed by atoms with Gasteiger partial charge in [-0.05, 0) is 35.1 Å². The van der Waals surface area contributed by atoms with Gasteiger partial charge in [0.15, 0.2) is 0 Å². The number of hydrogen-bond donors (Lipinski definition) is 2. The van der Waals surface area contributed by atoms with Crippen LogP contribution in [0.2, 0.25) is 0 Å². The van der Waals surface area contributed by atoms with Gasteiger partial charge in [0.05, 0.1) is 0 Å². The van der Waals surface area contributed by atoms with Crippen molar-refractivity contribution in [1.29, 1.82) is 0 Å². The number of likely N-dealkylation sites (tertiary alicyclic amines) is 1. The second-order valence-corrected chi connectivity index (χ2v) is 9.49. The summed E-state index contributed by atoms with van der Waals surface area (Å²) >= 11 is 0. The molecule has 35 heavy (non-hydrogen) atoms. The number of nitrogens with one attached hydrogen (secondary N) is 1. The third kappa shape index (κ3) is 4.94. The van der Waals surface area contributed by atoms with Crippen LogP contribution in [0.3, 0.4) is 0 Å². The molecule has 0 saturated carbocycles. The summed E-state index contributed by atoms with van der Waals surface area (Å²) in [6.07, 6.45) is 2.88. The van der Waals surface area contributed by atoms with Crippen LogP contribution in [0.1, 0.15) is 49.7 Å². The quantitative estimate of drug-likeness (QED) is 0.490. The van der Waals surface area contributed by atoms with E-state index in [4.69, 9.17) is 4.74 Å². The molecule has 2 amide bonds. The lowest BCUT2D eigenvalue weighted by Gasteiger charge is -2.47. The first-order chi connectivity index (χ1) is 16.9. The summed E-state index contributed by atoms with van der Waals surface area (Å²) in [4.78, 5) is 38.6. The Morgan fingerprint density at radius 3 is 2.29 bits per heavy atom. The van der Waals surface area contributed by atoms with E-state index < -0.39 is 17.5 Å². The minimum Gasteiger partial charge on any atom is -0.481 e. The summed E-state index contributed by atoms with van der Waals surface area (Å²) in [7, 11) is 0. The number of carboxylic acids is 1. The first-order valence-electron chi connectivity index (χ1n) is 12.1. The predicted octanol–water partition coefficient (Wildman–Crippen LogP) is 4.57. The topological polar surface area (TPSA) is 95.9 Å². The molecule has 1 aliphatic heterocycles. The number of benzene rings is 2. The molecule has 2 aromatic rings. The van der Waals surface area contributed by atoms with Crippen molar-refractivity contribution in [3.05, 3.63) is 72.3 Å². The number of carbonyl (C=O) groups is 3. The minimum atomic E-state index is -0.947. The number of aliphatic carboxylic acids is 1. The van der Waals surface area contributed by atoms with E-state index in [2.05, 4.69) is 36.2 Å². The number of ether oxygens (including phenoxy) is 1. The van der Waals surface area contributed by atoms with Gasteiger partial charge in [-0.15, -0.1) is 6.58 Å². The molecule has 1 atom stereocenters. The van der Waals surface area contributed by atoms with Crippen molar-refractivity contribution in [3.63, 3.8) is 0 Å². The lowest BCUT2D eigenvalue weighted by atomic mass is 9.76. The zero-order valence-electron chi connectivity index (χ0n) is 20.0. The van der Waals surface area contributed by atoms with E-state index in [1.54, 1.807) is 11.0 Å². The molecule has 0 spiro atoms. The van der Waals surface area contributed by atoms with Crippen LogP contribution >= 0.6 is 0 Å². The normalized spacial score (nSPS) is 16.4. The number of nitrogens with zero attached hydrogens (tertiary/aromatic N) is 1. The lowest BCUT2D eigenvalue weighted by molar-refractivity contribution is -0.165. The summed E-state index contributed by atoms with van der Waals surface area (Å²) < 4.78 is 5.63. The maximum atomic E-state index is 12.8. The van der Waals surface area contributed by atoms with E-state index in [1.165, 1.54) is 0 Å². The van der Waals surface area contributed by atoms with Crippen LogP contribution in [-0.2, 0) is 14.3 Å². The van der Waals surface area contributed by atoms with Crippen molar-refractivity contribution in [1.82, 2.24) is 10.2 Å².